The molecule has 7 nitrogen and oxygen atoms in total. The summed E-state index contributed by atoms with van der Waals surface area (Å²) in [6, 6.07) is 15.4. The van der Waals surface area contributed by atoms with Crippen LogP contribution in [0.2, 0.25) is 5.02 Å². The number of fused-ring (bicyclic) bond motifs is 1. The number of aromatic nitrogens is 3. The minimum Gasteiger partial charge on any atom is -0.370 e. The van der Waals surface area contributed by atoms with Crippen LogP contribution < -0.4 is 10.6 Å². The highest BCUT2D eigenvalue weighted by Crippen LogP contribution is 2.30. The largest absolute Gasteiger partial charge is 0.370 e. The Morgan fingerprint density at radius 3 is 2.83 bits per heavy atom. The summed E-state index contributed by atoms with van der Waals surface area (Å²) < 4.78 is 16.5. The maximum atomic E-state index is 13.9. The van der Waals surface area contributed by atoms with Gasteiger partial charge in [-0.2, -0.15) is 9.61 Å². The van der Waals surface area contributed by atoms with Gasteiger partial charge in [-0.3, -0.25) is 0 Å². The normalized spacial score (nSPS) is 15.9. The van der Waals surface area contributed by atoms with Crippen LogP contribution in [0.4, 0.5) is 20.7 Å². The van der Waals surface area contributed by atoms with Crippen molar-refractivity contribution in [3.63, 3.8) is 0 Å². The topological polar surface area (TPSA) is 74.6 Å². The van der Waals surface area contributed by atoms with E-state index in [4.69, 9.17) is 16.6 Å². The third kappa shape index (κ3) is 5.11. The molecule has 1 atom stereocenters. The lowest BCUT2D eigenvalue weighted by Crippen LogP contribution is -2.44. The molecule has 2 aromatic carbocycles. The van der Waals surface area contributed by atoms with Crippen molar-refractivity contribution in [1.29, 1.82) is 0 Å². The van der Waals surface area contributed by atoms with E-state index in [1.807, 2.05) is 30.3 Å². The number of hydrogen-bond donors (Lipinski definition) is 2. The molecule has 1 unspecified atom stereocenters. The average Bonchev–Trinajstić information content (AvgIpc) is 3.25. The van der Waals surface area contributed by atoms with E-state index in [2.05, 4.69) is 31.7 Å². The van der Waals surface area contributed by atoms with Gasteiger partial charge in [0.05, 0.1) is 22.1 Å². The molecular weight excluding hydrogens is 535 g/mol. The summed E-state index contributed by atoms with van der Waals surface area (Å²) in [7, 11) is 0. The van der Waals surface area contributed by atoms with Crippen molar-refractivity contribution in [2.75, 3.05) is 30.3 Å². The van der Waals surface area contributed by atoms with Gasteiger partial charge in [-0.25, -0.2) is 14.2 Å². The first-order valence-electron chi connectivity index (χ1n) is 11.3. The Kier molecular flexibility index (Phi) is 6.88. The Morgan fingerprint density at radius 1 is 1.20 bits per heavy atom. The molecule has 1 aliphatic heterocycles. The minimum absolute atomic E-state index is 0.188. The zero-order chi connectivity index (χ0) is 24.4. The van der Waals surface area contributed by atoms with Crippen molar-refractivity contribution in [1.82, 2.24) is 19.5 Å². The number of urea groups is 1. The van der Waals surface area contributed by atoms with Crippen molar-refractivity contribution >= 4 is 50.7 Å². The number of nitrogens with zero attached hydrogens (tertiary/aromatic N) is 4. The summed E-state index contributed by atoms with van der Waals surface area (Å²) in [5.41, 5.74) is 2.44. The van der Waals surface area contributed by atoms with Gasteiger partial charge < -0.3 is 15.5 Å². The van der Waals surface area contributed by atoms with Gasteiger partial charge in [0, 0.05) is 36.3 Å². The van der Waals surface area contributed by atoms with Crippen molar-refractivity contribution in [2.45, 2.75) is 12.8 Å². The molecule has 10 heteroatoms. The van der Waals surface area contributed by atoms with E-state index in [0.717, 1.165) is 34.4 Å². The van der Waals surface area contributed by atoms with Gasteiger partial charge >= 0.3 is 6.03 Å². The number of halogens is 3. The van der Waals surface area contributed by atoms with Crippen LogP contribution in [0.3, 0.4) is 0 Å². The second-order valence-electron chi connectivity index (χ2n) is 8.48. The molecule has 2 aromatic heterocycles. The summed E-state index contributed by atoms with van der Waals surface area (Å²) in [6.07, 6.45) is 3.56. The van der Waals surface area contributed by atoms with Crippen LogP contribution in [0.5, 0.6) is 0 Å². The number of carbonyl (C=O) groups is 1. The Labute approximate surface area is 215 Å². The molecule has 3 heterocycles. The summed E-state index contributed by atoms with van der Waals surface area (Å²) in [6.45, 7) is 1.85. The predicted molar refractivity (Wildman–Crippen MR) is 139 cm³/mol. The van der Waals surface area contributed by atoms with Gasteiger partial charge in [0.15, 0.2) is 5.65 Å². The number of amides is 2. The van der Waals surface area contributed by atoms with Crippen molar-refractivity contribution in [3.8, 4) is 11.3 Å². The highest BCUT2D eigenvalue weighted by molar-refractivity contribution is 9.10. The standard InChI is InChI=1S/C25H23BrClFN6O/c26-18-14-30-34-23(12-22(31-24(18)34)17-7-1-2-8-19(17)27)29-13-16-6-5-11-33(15-16)25(35)32-21-10-4-3-9-20(21)28/h1-4,7-10,12,14,16,29H,5-6,11,13,15H2,(H,32,35). The Hall–Kier alpha value is -3.17. The first-order chi connectivity index (χ1) is 17.0. The van der Waals surface area contributed by atoms with Crippen LogP contribution in [-0.4, -0.2) is 45.2 Å². The molecule has 0 spiro atoms. The number of nitrogens with one attached hydrogen (secondary N) is 2. The molecule has 2 N–H and O–H groups in total. The smallest absolute Gasteiger partial charge is 0.321 e. The van der Waals surface area contributed by atoms with Gasteiger partial charge in [-0.05, 0) is 52.9 Å². The SMILES string of the molecule is O=C(Nc1ccccc1F)N1CCCC(CNc2cc(-c3ccccc3Cl)nc3c(Br)cnn23)C1. The molecule has 0 bridgehead atoms. The van der Waals surface area contributed by atoms with E-state index in [9.17, 15) is 9.18 Å². The quantitative estimate of drug-likeness (QED) is 0.302. The maximum Gasteiger partial charge on any atom is 0.321 e. The van der Waals surface area contributed by atoms with Gasteiger partial charge in [-0.1, -0.05) is 41.9 Å². The molecule has 0 radical (unpaired) electrons. The molecule has 5 rings (SSSR count). The fraction of sp³-hybridized carbons (Fsp3) is 0.240. The lowest BCUT2D eigenvalue weighted by Gasteiger charge is -2.33. The second kappa shape index (κ2) is 10.2. The number of anilines is 2. The van der Waals surface area contributed by atoms with Crippen molar-refractivity contribution in [3.05, 3.63) is 76.1 Å². The summed E-state index contributed by atoms with van der Waals surface area (Å²) in [4.78, 5) is 19.2. The molecule has 0 aliphatic carbocycles. The third-order valence-corrected chi connectivity index (χ3v) is 6.96. The van der Waals surface area contributed by atoms with Crippen molar-refractivity contribution in [2.24, 2.45) is 5.92 Å². The van der Waals surface area contributed by atoms with Gasteiger partial charge in [0.25, 0.3) is 0 Å². The molecule has 4 aromatic rings. The molecule has 0 saturated carbocycles. The molecule has 1 aliphatic rings. The summed E-state index contributed by atoms with van der Waals surface area (Å²) in [5, 5.41) is 11.2. The molecular formula is C25H23BrClFN6O. The zero-order valence-corrected chi connectivity index (χ0v) is 21.1. The van der Waals surface area contributed by atoms with Crippen molar-refractivity contribution < 1.29 is 9.18 Å². The molecule has 1 fully saturated rings. The monoisotopic (exact) mass is 556 g/mol. The van der Waals surface area contributed by atoms with E-state index in [-0.39, 0.29) is 17.6 Å². The minimum atomic E-state index is -0.447. The molecule has 35 heavy (non-hydrogen) atoms. The van der Waals surface area contributed by atoms with E-state index < -0.39 is 5.82 Å². The fourth-order valence-corrected chi connectivity index (χ4v) is 4.87. The maximum absolute atomic E-state index is 13.9. The van der Waals surface area contributed by atoms with Crippen LogP contribution in [0, 0.1) is 11.7 Å². The highest BCUT2D eigenvalue weighted by atomic mass is 79.9. The zero-order valence-electron chi connectivity index (χ0n) is 18.7. The Morgan fingerprint density at radius 2 is 2.00 bits per heavy atom. The number of para-hydroxylation sites is 1. The third-order valence-electron chi connectivity index (χ3n) is 6.07. The summed E-state index contributed by atoms with van der Waals surface area (Å²) >= 11 is 9.95. The van der Waals surface area contributed by atoms with Crippen LogP contribution in [-0.2, 0) is 0 Å². The first kappa shape index (κ1) is 23.6. The van der Waals surface area contributed by atoms with Gasteiger partial charge in [0.2, 0.25) is 0 Å². The van der Waals surface area contributed by atoms with E-state index >= 15 is 0 Å². The Balaban J connectivity index is 1.31. The number of rotatable bonds is 5. The van der Waals surface area contributed by atoms with Crippen LogP contribution in [0.25, 0.3) is 16.9 Å². The van der Waals surface area contributed by atoms with Gasteiger partial charge in [0.1, 0.15) is 11.6 Å². The fourth-order valence-electron chi connectivity index (χ4n) is 4.29. The molecule has 2 amide bonds. The van der Waals surface area contributed by atoms with Crippen LogP contribution in [0.1, 0.15) is 12.8 Å². The second-order valence-corrected chi connectivity index (χ2v) is 9.74. The van der Waals surface area contributed by atoms with E-state index in [0.29, 0.717) is 30.3 Å². The molecule has 180 valence electrons. The number of likely N-dealkylation sites (tertiary alicyclic amines) is 1. The summed E-state index contributed by atoms with van der Waals surface area (Å²) in [5.74, 6) is 0.558. The van der Waals surface area contributed by atoms with E-state index in [1.54, 1.807) is 33.8 Å². The number of piperidine rings is 1. The lowest BCUT2D eigenvalue weighted by molar-refractivity contribution is 0.180. The Bertz CT molecular complexity index is 1380. The highest BCUT2D eigenvalue weighted by Gasteiger charge is 2.24. The first-order valence-corrected chi connectivity index (χ1v) is 12.5. The molecule has 1 saturated heterocycles. The van der Waals surface area contributed by atoms with Crippen LogP contribution in [0.15, 0.2) is 65.3 Å². The number of carbonyl (C=O) groups excluding carboxylic acids is 1. The number of hydrogen-bond acceptors (Lipinski definition) is 4. The van der Waals surface area contributed by atoms with E-state index in [1.165, 1.54) is 6.07 Å². The van der Waals surface area contributed by atoms with Crippen LogP contribution >= 0.6 is 27.5 Å². The average molecular weight is 558 g/mol. The lowest BCUT2D eigenvalue weighted by atomic mass is 9.98. The predicted octanol–water partition coefficient (Wildman–Crippen LogP) is 6.31. The van der Waals surface area contributed by atoms with Gasteiger partial charge in [-0.15, -0.1) is 0 Å². The number of benzene rings is 2.